The highest BCUT2D eigenvalue weighted by Crippen LogP contribution is 2.76. The third-order valence-corrected chi connectivity index (χ3v) is 14.9. The lowest BCUT2D eigenvalue weighted by molar-refractivity contribution is -0.131. The fourth-order valence-corrected chi connectivity index (χ4v) is 13.4. The van der Waals surface area contributed by atoms with Crippen molar-refractivity contribution >= 4 is 66.5 Å². The molecule has 0 bridgehead atoms. The van der Waals surface area contributed by atoms with Gasteiger partial charge in [0.15, 0.2) is 11.6 Å². The van der Waals surface area contributed by atoms with Crippen LogP contribution in [0.25, 0.3) is 4.91 Å². The monoisotopic (exact) mass is 600 g/mol. The third-order valence-electron chi connectivity index (χ3n) is 7.24. The van der Waals surface area contributed by atoms with Crippen molar-refractivity contribution in [1.29, 1.82) is 0 Å². The van der Waals surface area contributed by atoms with Crippen LogP contribution in [0.1, 0.15) is 89.4 Å². The normalized spacial score (nSPS) is 20.1. The van der Waals surface area contributed by atoms with Crippen molar-refractivity contribution < 1.29 is 19.5 Å². The SMILES string of the molecule is CCCCCC(C(=O)c1cccs1)S1(C(CCCCC)C(=O)c2cccs2)C(C(=O)O)=CC=C1c1cccs1. The number of aliphatic carboxylic acids is 1. The zero-order valence-corrected chi connectivity index (χ0v) is 25.7. The highest BCUT2D eigenvalue weighted by molar-refractivity contribution is 8.46. The van der Waals surface area contributed by atoms with Gasteiger partial charge in [-0.3, -0.25) is 9.59 Å². The second kappa shape index (κ2) is 13.9. The minimum atomic E-state index is -2.61. The Morgan fingerprint density at radius 2 is 1.26 bits per heavy atom. The molecule has 39 heavy (non-hydrogen) atoms. The maximum absolute atomic E-state index is 14.5. The molecule has 0 aromatic carbocycles. The summed E-state index contributed by atoms with van der Waals surface area (Å²) in [5, 5.41) is 15.3. The van der Waals surface area contributed by atoms with Gasteiger partial charge in [-0.1, -0.05) is 70.6 Å². The summed E-state index contributed by atoms with van der Waals surface area (Å²) >= 11 is 4.36. The minimum absolute atomic E-state index is 0.0212. The van der Waals surface area contributed by atoms with Gasteiger partial charge >= 0.3 is 5.97 Å². The fraction of sp³-hybridized carbons (Fsp3) is 0.387. The summed E-state index contributed by atoms with van der Waals surface area (Å²) in [7, 11) is -2.61. The number of Topliss-reactive ketones (excluding diaryl/α,β-unsaturated/α-hetero) is 2. The number of carbonyl (C=O) groups is 3. The van der Waals surface area contributed by atoms with Gasteiger partial charge in [0.25, 0.3) is 0 Å². The Bertz CT molecular complexity index is 1240. The van der Waals surface area contributed by atoms with Crippen LogP contribution in [0.5, 0.6) is 0 Å². The lowest BCUT2D eigenvalue weighted by atomic mass is 10.1. The second-order valence-electron chi connectivity index (χ2n) is 9.71. The average Bonchev–Trinajstić information content (AvgIpc) is 3.75. The Balaban J connectivity index is 2.01. The summed E-state index contributed by atoms with van der Waals surface area (Å²) in [6.45, 7) is 4.25. The van der Waals surface area contributed by atoms with Gasteiger partial charge in [-0.05, 0) is 59.3 Å². The number of carboxylic acids is 1. The molecule has 3 aromatic heterocycles. The highest BCUT2D eigenvalue weighted by atomic mass is 32.3. The van der Waals surface area contributed by atoms with Crippen LogP contribution < -0.4 is 0 Å². The van der Waals surface area contributed by atoms with E-state index in [9.17, 15) is 19.5 Å². The van der Waals surface area contributed by atoms with E-state index in [2.05, 4.69) is 13.8 Å². The molecule has 4 nitrogen and oxygen atoms in total. The van der Waals surface area contributed by atoms with Gasteiger partial charge < -0.3 is 5.11 Å². The molecule has 0 saturated carbocycles. The predicted octanol–water partition coefficient (Wildman–Crippen LogP) is 9.66. The van der Waals surface area contributed by atoms with Crippen LogP contribution in [0.15, 0.2) is 69.6 Å². The standard InChI is InChI=1S/C31H36O4S4/c1-3-5-7-15-26(29(32)23-13-10-20-37-23)39(25(22-12-9-19-36-22)17-18-28(39)31(34)35)27(16-8-6-4-2)30(33)24-14-11-21-38-24/h9-14,17-21,26-27H,3-8,15-16H2,1-2H3,(H,34,35). The summed E-state index contributed by atoms with van der Waals surface area (Å²) in [5.41, 5.74) is 0. The molecule has 0 fully saturated rings. The molecule has 4 rings (SSSR count). The molecule has 208 valence electrons. The van der Waals surface area contributed by atoms with Gasteiger partial charge in [0.2, 0.25) is 0 Å². The zero-order chi connectivity index (χ0) is 27.8. The van der Waals surface area contributed by atoms with Crippen molar-refractivity contribution in [2.45, 2.75) is 75.7 Å². The highest BCUT2D eigenvalue weighted by Gasteiger charge is 2.55. The number of hydrogen-bond donors (Lipinski definition) is 1. The summed E-state index contributed by atoms with van der Waals surface area (Å²) in [5.74, 6) is -1.06. The van der Waals surface area contributed by atoms with E-state index in [-0.39, 0.29) is 16.5 Å². The smallest absolute Gasteiger partial charge is 0.341 e. The van der Waals surface area contributed by atoms with Crippen LogP contribution in [0, 0.1) is 0 Å². The van der Waals surface area contributed by atoms with E-state index in [1.54, 1.807) is 17.4 Å². The molecule has 0 radical (unpaired) electrons. The Hall–Kier alpha value is -2.26. The molecule has 2 atom stereocenters. The van der Waals surface area contributed by atoms with E-state index in [1.807, 2.05) is 58.6 Å². The third kappa shape index (κ3) is 6.09. The van der Waals surface area contributed by atoms with E-state index in [0.29, 0.717) is 22.6 Å². The average molecular weight is 601 g/mol. The Kier molecular flexibility index (Phi) is 10.6. The lowest BCUT2D eigenvalue weighted by Crippen LogP contribution is -2.40. The molecule has 2 unspecified atom stereocenters. The maximum atomic E-state index is 14.5. The van der Waals surface area contributed by atoms with Crippen LogP contribution in [0.4, 0.5) is 0 Å². The molecule has 3 aromatic rings. The largest absolute Gasteiger partial charge is 0.477 e. The van der Waals surface area contributed by atoms with Gasteiger partial charge in [-0.15, -0.1) is 34.0 Å². The number of allylic oxidation sites excluding steroid dienone is 2. The van der Waals surface area contributed by atoms with Crippen molar-refractivity contribution in [2.24, 2.45) is 0 Å². The quantitative estimate of drug-likeness (QED) is 0.131. The lowest BCUT2D eigenvalue weighted by Gasteiger charge is -2.50. The van der Waals surface area contributed by atoms with Crippen molar-refractivity contribution in [3.63, 3.8) is 0 Å². The van der Waals surface area contributed by atoms with Gasteiger partial charge in [-0.25, -0.2) is 4.79 Å². The molecule has 0 spiro atoms. The first-order valence-corrected chi connectivity index (χ1v) is 18.0. The number of hydrogen-bond acceptors (Lipinski definition) is 6. The molecule has 4 heterocycles. The van der Waals surface area contributed by atoms with Crippen molar-refractivity contribution in [3.8, 4) is 0 Å². The molecule has 1 aliphatic heterocycles. The van der Waals surface area contributed by atoms with Gasteiger partial charge in [-0.2, -0.15) is 10.0 Å². The topological polar surface area (TPSA) is 71.4 Å². The van der Waals surface area contributed by atoms with Crippen LogP contribution >= 0.6 is 44.0 Å². The number of rotatable bonds is 16. The molecule has 0 amide bonds. The first-order valence-electron chi connectivity index (χ1n) is 13.6. The van der Waals surface area contributed by atoms with Crippen LogP contribution in [-0.2, 0) is 4.79 Å². The van der Waals surface area contributed by atoms with Gasteiger partial charge in [0.05, 0.1) is 25.2 Å². The van der Waals surface area contributed by atoms with E-state index in [0.717, 1.165) is 48.3 Å². The Labute approximate surface area is 244 Å². The minimum Gasteiger partial charge on any atom is -0.477 e. The molecule has 8 heteroatoms. The number of thiophene rings is 3. The summed E-state index contributed by atoms with van der Waals surface area (Å²) < 4.78 is 0. The van der Waals surface area contributed by atoms with Crippen molar-refractivity contribution in [3.05, 3.63) is 84.2 Å². The molecule has 0 aliphatic carbocycles. The van der Waals surface area contributed by atoms with Crippen LogP contribution in [0.3, 0.4) is 0 Å². The first-order chi connectivity index (χ1) is 19.0. The van der Waals surface area contributed by atoms with Crippen molar-refractivity contribution in [2.75, 3.05) is 0 Å². The molecule has 0 saturated heterocycles. The van der Waals surface area contributed by atoms with Gasteiger partial charge in [0, 0.05) is 9.78 Å². The number of carboxylic acid groups (broad SMARTS) is 1. The van der Waals surface area contributed by atoms with Crippen molar-refractivity contribution in [1.82, 2.24) is 0 Å². The number of unbranched alkanes of at least 4 members (excludes halogenated alkanes) is 4. The molecule has 1 aliphatic rings. The van der Waals surface area contributed by atoms with Gasteiger partial charge in [0.1, 0.15) is 0 Å². The number of ketones is 2. The summed E-state index contributed by atoms with van der Waals surface area (Å²) in [6.07, 6.45) is 10.3. The Morgan fingerprint density at radius 3 is 1.67 bits per heavy atom. The summed E-state index contributed by atoms with van der Waals surface area (Å²) in [6, 6.07) is 11.4. The van der Waals surface area contributed by atoms with E-state index in [1.165, 1.54) is 22.7 Å². The van der Waals surface area contributed by atoms with E-state index in [4.69, 9.17) is 0 Å². The zero-order valence-electron chi connectivity index (χ0n) is 22.5. The number of carbonyl (C=O) groups excluding carboxylic acids is 2. The molecular weight excluding hydrogens is 565 g/mol. The summed E-state index contributed by atoms with van der Waals surface area (Å²) in [4.78, 5) is 45.5. The van der Waals surface area contributed by atoms with E-state index >= 15 is 0 Å². The maximum Gasteiger partial charge on any atom is 0.341 e. The van der Waals surface area contributed by atoms with Crippen LogP contribution in [-0.4, -0.2) is 33.1 Å². The molecular formula is C31H36O4S4. The predicted molar refractivity (Wildman–Crippen MR) is 169 cm³/mol. The first kappa shape index (κ1) is 29.7. The molecule has 1 N–H and O–H groups in total. The van der Waals surface area contributed by atoms with Crippen LogP contribution in [0.2, 0.25) is 0 Å². The fourth-order valence-electron chi connectivity index (χ4n) is 5.48. The Morgan fingerprint density at radius 1 is 0.744 bits per heavy atom. The second-order valence-corrected chi connectivity index (χ2v) is 16.0. The van der Waals surface area contributed by atoms with E-state index < -0.39 is 26.5 Å².